The van der Waals surface area contributed by atoms with E-state index in [4.69, 9.17) is 4.74 Å². The lowest BCUT2D eigenvalue weighted by atomic mass is 9.89. The summed E-state index contributed by atoms with van der Waals surface area (Å²) in [7, 11) is 4.00. The molecule has 150 valence electrons. The van der Waals surface area contributed by atoms with Crippen LogP contribution in [0.15, 0.2) is 42.7 Å². The normalized spacial score (nSPS) is 24.9. The predicted molar refractivity (Wildman–Crippen MR) is 113 cm³/mol. The zero-order valence-corrected chi connectivity index (χ0v) is 17.7. The SMILES string of the molecule is COc1ccc([C@@H]2[C@@H]3CN(CCCn4cccn4)C[C@@H]3CN2C)cc1.Cl.Cl. The molecule has 2 aliphatic rings. The molecule has 3 heterocycles. The fourth-order valence-corrected chi connectivity index (χ4v) is 4.72. The fourth-order valence-electron chi connectivity index (χ4n) is 4.72. The van der Waals surface area contributed by atoms with Gasteiger partial charge in [0.05, 0.1) is 7.11 Å². The highest BCUT2D eigenvalue weighted by molar-refractivity contribution is 5.85. The quantitative estimate of drug-likeness (QED) is 0.727. The van der Waals surface area contributed by atoms with Gasteiger partial charge in [0, 0.05) is 44.6 Å². The number of nitrogens with zero attached hydrogens (tertiary/aromatic N) is 4. The topological polar surface area (TPSA) is 33.5 Å². The molecule has 0 N–H and O–H groups in total. The second-order valence-electron chi connectivity index (χ2n) is 7.46. The maximum Gasteiger partial charge on any atom is 0.118 e. The molecule has 1 aromatic carbocycles. The predicted octanol–water partition coefficient (Wildman–Crippen LogP) is 3.36. The van der Waals surface area contributed by atoms with Gasteiger partial charge >= 0.3 is 0 Å². The van der Waals surface area contributed by atoms with Gasteiger partial charge in [0.15, 0.2) is 0 Å². The highest BCUT2D eigenvalue weighted by atomic mass is 35.5. The number of benzene rings is 1. The van der Waals surface area contributed by atoms with Gasteiger partial charge in [-0.25, -0.2) is 0 Å². The van der Waals surface area contributed by atoms with E-state index in [1.54, 1.807) is 7.11 Å². The van der Waals surface area contributed by atoms with Crippen LogP contribution in [0.25, 0.3) is 0 Å². The summed E-state index contributed by atoms with van der Waals surface area (Å²) in [6.07, 6.45) is 5.08. The van der Waals surface area contributed by atoms with Crippen LogP contribution in [0.5, 0.6) is 5.75 Å². The van der Waals surface area contributed by atoms with E-state index in [1.807, 2.05) is 23.1 Å². The molecule has 3 atom stereocenters. The molecule has 2 aromatic rings. The van der Waals surface area contributed by atoms with Crippen molar-refractivity contribution >= 4 is 24.8 Å². The molecule has 4 rings (SSSR count). The first kappa shape index (κ1) is 22.0. The molecule has 2 fully saturated rings. The molecule has 0 saturated carbocycles. The number of likely N-dealkylation sites (tertiary alicyclic amines) is 2. The van der Waals surface area contributed by atoms with Crippen LogP contribution in [0.2, 0.25) is 0 Å². The first-order chi connectivity index (χ1) is 12.2. The minimum atomic E-state index is 0. The highest BCUT2D eigenvalue weighted by Gasteiger charge is 2.45. The Bertz CT molecular complexity index is 680. The number of methoxy groups -OCH3 is 1. The third-order valence-electron chi connectivity index (χ3n) is 5.85. The smallest absolute Gasteiger partial charge is 0.118 e. The van der Waals surface area contributed by atoms with E-state index in [9.17, 15) is 0 Å². The number of fused-ring (bicyclic) bond motifs is 1. The van der Waals surface area contributed by atoms with Crippen LogP contribution >= 0.6 is 24.8 Å². The summed E-state index contributed by atoms with van der Waals surface area (Å²) in [5.74, 6) is 2.47. The number of ether oxygens (including phenoxy) is 1. The Morgan fingerprint density at radius 2 is 1.85 bits per heavy atom. The summed E-state index contributed by atoms with van der Waals surface area (Å²) >= 11 is 0. The molecule has 1 aromatic heterocycles. The highest BCUT2D eigenvalue weighted by Crippen LogP contribution is 2.44. The van der Waals surface area contributed by atoms with E-state index < -0.39 is 0 Å². The summed E-state index contributed by atoms with van der Waals surface area (Å²) in [6.45, 7) is 5.84. The molecule has 0 radical (unpaired) electrons. The average molecular weight is 413 g/mol. The maximum absolute atomic E-state index is 5.31. The maximum atomic E-state index is 5.31. The minimum Gasteiger partial charge on any atom is -0.497 e. The van der Waals surface area contributed by atoms with Gasteiger partial charge in [0.2, 0.25) is 0 Å². The van der Waals surface area contributed by atoms with E-state index in [0.717, 1.165) is 24.1 Å². The van der Waals surface area contributed by atoms with Crippen LogP contribution in [0.4, 0.5) is 0 Å². The van der Waals surface area contributed by atoms with Crippen LogP contribution in [0.1, 0.15) is 18.0 Å². The van der Waals surface area contributed by atoms with Crippen molar-refractivity contribution < 1.29 is 4.74 Å². The van der Waals surface area contributed by atoms with Crippen molar-refractivity contribution in [3.05, 3.63) is 48.3 Å². The Morgan fingerprint density at radius 3 is 2.52 bits per heavy atom. The van der Waals surface area contributed by atoms with Crippen molar-refractivity contribution in [2.45, 2.75) is 19.0 Å². The van der Waals surface area contributed by atoms with Crippen LogP contribution in [0.3, 0.4) is 0 Å². The Morgan fingerprint density at radius 1 is 1.07 bits per heavy atom. The Hall–Kier alpha value is -1.27. The number of halogens is 2. The first-order valence-electron chi connectivity index (χ1n) is 9.28. The van der Waals surface area contributed by atoms with Gasteiger partial charge in [-0.15, -0.1) is 24.8 Å². The second kappa shape index (κ2) is 9.78. The molecule has 7 heteroatoms. The van der Waals surface area contributed by atoms with Crippen LogP contribution in [0, 0.1) is 11.8 Å². The summed E-state index contributed by atoms with van der Waals surface area (Å²) < 4.78 is 7.34. The van der Waals surface area contributed by atoms with Gasteiger partial charge in [-0.3, -0.25) is 9.58 Å². The van der Waals surface area contributed by atoms with E-state index in [1.165, 1.54) is 38.2 Å². The van der Waals surface area contributed by atoms with Gasteiger partial charge in [0.1, 0.15) is 5.75 Å². The Labute approximate surface area is 174 Å². The summed E-state index contributed by atoms with van der Waals surface area (Å²) in [5.41, 5.74) is 1.43. The average Bonchev–Trinajstić information content (AvgIpc) is 3.32. The molecule has 0 aliphatic carbocycles. The van der Waals surface area contributed by atoms with Crippen molar-refractivity contribution in [2.24, 2.45) is 11.8 Å². The molecule has 0 amide bonds. The van der Waals surface area contributed by atoms with E-state index >= 15 is 0 Å². The van der Waals surface area contributed by atoms with Crippen LogP contribution in [-0.4, -0.2) is 59.9 Å². The summed E-state index contributed by atoms with van der Waals surface area (Å²) in [4.78, 5) is 5.20. The molecule has 2 saturated heterocycles. The molecule has 27 heavy (non-hydrogen) atoms. The lowest BCUT2D eigenvalue weighted by Crippen LogP contribution is -2.30. The molecule has 2 aliphatic heterocycles. The van der Waals surface area contributed by atoms with E-state index in [2.05, 4.69) is 46.2 Å². The van der Waals surface area contributed by atoms with Crippen LogP contribution < -0.4 is 4.74 Å². The molecule has 0 bridgehead atoms. The largest absolute Gasteiger partial charge is 0.497 e. The number of rotatable bonds is 6. The number of hydrogen-bond donors (Lipinski definition) is 0. The molecule has 0 unspecified atom stereocenters. The molecular weight excluding hydrogens is 383 g/mol. The van der Waals surface area contributed by atoms with Gasteiger partial charge in [-0.1, -0.05) is 12.1 Å². The van der Waals surface area contributed by atoms with Crippen molar-refractivity contribution in [1.29, 1.82) is 0 Å². The molecule has 0 spiro atoms. The summed E-state index contributed by atoms with van der Waals surface area (Å²) in [6, 6.07) is 11.2. The van der Waals surface area contributed by atoms with Crippen LogP contribution in [-0.2, 0) is 6.54 Å². The zero-order valence-electron chi connectivity index (χ0n) is 16.0. The zero-order chi connectivity index (χ0) is 17.2. The monoisotopic (exact) mass is 412 g/mol. The lowest BCUT2D eigenvalue weighted by molar-refractivity contribution is 0.225. The molecule has 5 nitrogen and oxygen atoms in total. The van der Waals surface area contributed by atoms with Gasteiger partial charge in [-0.2, -0.15) is 5.10 Å². The van der Waals surface area contributed by atoms with Crippen molar-refractivity contribution in [3.63, 3.8) is 0 Å². The van der Waals surface area contributed by atoms with Crippen molar-refractivity contribution in [2.75, 3.05) is 40.3 Å². The van der Waals surface area contributed by atoms with Gasteiger partial charge < -0.3 is 9.64 Å². The standard InChI is InChI=1S/C20H28N4O.2ClH/c1-22-13-17-14-23(10-4-12-24-11-3-9-21-24)15-19(17)20(22)16-5-7-18(25-2)8-6-16;;/h3,5-9,11,17,19-20H,4,10,12-15H2,1-2H3;2*1H/t17-,19+,20+;;/m0../s1. The van der Waals surface area contributed by atoms with Crippen molar-refractivity contribution in [3.8, 4) is 5.75 Å². The summed E-state index contributed by atoms with van der Waals surface area (Å²) in [5, 5.41) is 4.29. The number of aromatic nitrogens is 2. The third-order valence-corrected chi connectivity index (χ3v) is 5.85. The van der Waals surface area contributed by atoms with E-state index in [0.29, 0.717) is 6.04 Å². The Kier molecular flexibility index (Phi) is 7.98. The second-order valence-corrected chi connectivity index (χ2v) is 7.46. The minimum absolute atomic E-state index is 0. The first-order valence-corrected chi connectivity index (χ1v) is 9.28. The third kappa shape index (κ3) is 4.77. The Balaban J connectivity index is 0.00000131. The van der Waals surface area contributed by atoms with Crippen molar-refractivity contribution in [1.82, 2.24) is 19.6 Å². The van der Waals surface area contributed by atoms with E-state index in [-0.39, 0.29) is 24.8 Å². The molecular formula is C20H30Cl2N4O. The van der Waals surface area contributed by atoms with Gasteiger partial charge in [0.25, 0.3) is 0 Å². The van der Waals surface area contributed by atoms with Gasteiger partial charge in [-0.05, 0) is 55.6 Å². The number of hydrogen-bond acceptors (Lipinski definition) is 4. The lowest BCUT2D eigenvalue weighted by Gasteiger charge is -2.27. The number of aryl methyl sites for hydroxylation is 1. The fraction of sp³-hybridized carbons (Fsp3) is 0.550.